The second kappa shape index (κ2) is 11.7. The Morgan fingerprint density at radius 2 is 2.15 bits per heavy atom. The van der Waals surface area contributed by atoms with Gasteiger partial charge in [0.2, 0.25) is 0 Å². The van der Waals surface area contributed by atoms with Crippen LogP contribution in [0.2, 0.25) is 0 Å². The van der Waals surface area contributed by atoms with Gasteiger partial charge in [0.1, 0.15) is 0 Å². The third kappa shape index (κ3) is 11.5. The van der Waals surface area contributed by atoms with Crippen LogP contribution in [0.15, 0.2) is 0 Å². The third-order valence-electron chi connectivity index (χ3n) is 1.49. The van der Waals surface area contributed by atoms with Gasteiger partial charge in [-0.1, -0.05) is 0 Å². The van der Waals surface area contributed by atoms with E-state index in [1.54, 1.807) is 6.92 Å². The van der Waals surface area contributed by atoms with Crippen molar-refractivity contribution >= 4 is 12.6 Å². The maximum atomic E-state index is 9.09. The van der Waals surface area contributed by atoms with E-state index in [2.05, 4.69) is 12.6 Å². The number of hydrogen-bond acceptors (Lipinski definition) is 4. The van der Waals surface area contributed by atoms with E-state index in [-0.39, 0.29) is 47.9 Å². The van der Waals surface area contributed by atoms with Gasteiger partial charge in [0.25, 0.3) is 0 Å². The molecule has 0 fully saturated rings. The molecule has 0 aliphatic carbocycles. The Morgan fingerprint density at radius 1 is 1.54 bits per heavy atom. The molecule has 0 aromatic rings. The summed E-state index contributed by atoms with van der Waals surface area (Å²) in [5.41, 5.74) is 0. The second-order valence-electron chi connectivity index (χ2n) is 2.87. The fourth-order valence-electron chi connectivity index (χ4n) is 1.04. The molecule has 0 aliphatic heterocycles. The number of aliphatic hydroxyl groups is 2. The zero-order valence-corrected chi connectivity index (χ0v) is 12.0. The average Bonchev–Trinajstić information content (AvgIpc) is 2.00. The van der Waals surface area contributed by atoms with Crippen molar-refractivity contribution in [2.75, 3.05) is 25.4 Å². The van der Waals surface area contributed by atoms with E-state index in [4.69, 9.17) is 10.2 Å². The summed E-state index contributed by atoms with van der Waals surface area (Å²) in [6, 6.07) is 0. The molecule has 0 aromatic heterocycles. The van der Waals surface area contributed by atoms with Crippen molar-refractivity contribution in [3.63, 3.8) is 0 Å². The quantitative estimate of drug-likeness (QED) is 0.471. The number of hydrogen-bond donors (Lipinski definition) is 3. The minimum absolute atomic E-state index is 0. The third-order valence-corrected chi connectivity index (χ3v) is 1.81. The van der Waals surface area contributed by atoms with Crippen LogP contribution in [0.1, 0.15) is 13.3 Å². The van der Waals surface area contributed by atoms with E-state index in [1.807, 2.05) is 4.90 Å². The van der Waals surface area contributed by atoms with E-state index in [0.717, 1.165) is 25.3 Å². The van der Waals surface area contributed by atoms with Gasteiger partial charge in [-0.25, -0.2) is 6.61 Å². The molecule has 1 unspecified atom stereocenters. The van der Waals surface area contributed by atoms with Crippen LogP contribution in [0.3, 0.4) is 0 Å². The minimum Gasteiger partial charge on any atom is -0.565 e. The van der Waals surface area contributed by atoms with Crippen LogP contribution < -0.4 is 0 Å². The molecule has 0 rings (SSSR count). The van der Waals surface area contributed by atoms with E-state index >= 15 is 0 Å². The van der Waals surface area contributed by atoms with Crippen molar-refractivity contribution in [3.05, 3.63) is 6.61 Å². The molecule has 5 heteroatoms. The molecule has 0 saturated heterocycles. The Morgan fingerprint density at radius 3 is 2.54 bits per heavy atom. The maximum Gasteiger partial charge on any atom is 0.0637 e. The largest absolute Gasteiger partial charge is 0.565 e. The van der Waals surface area contributed by atoms with Crippen molar-refractivity contribution in [2.24, 2.45) is 0 Å². The molecular formula is C8H18CeNO2S-. The van der Waals surface area contributed by atoms with E-state index in [0.29, 0.717) is 13.1 Å². The first-order valence-corrected chi connectivity index (χ1v) is 4.81. The van der Waals surface area contributed by atoms with Crippen LogP contribution in [0.4, 0.5) is 0 Å². The van der Waals surface area contributed by atoms with Gasteiger partial charge in [-0.05, 0) is 25.6 Å². The van der Waals surface area contributed by atoms with Gasteiger partial charge in [-0.2, -0.15) is 12.6 Å². The van der Waals surface area contributed by atoms with E-state index in [9.17, 15) is 0 Å². The number of aliphatic hydroxyl groups excluding tert-OH is 2. The summed E-state index contributed by atoms with van der Waals surface area (Å²) in [6.07, 6.45) is 0.633. The molecule has 13 heavy (non-hydrogen) atoms. The Bertz CT molecular complexity index is 106. The Balaban J connectivity index is 0. The Labute approximate surface area is 120 Å². The number of nitrogens with zero attached hydrogens (tertiary/aromatic N) is 1. The fourth-order valence-corrected chi connectivity index (χ4v) is 1.18. The summed E-state index contributed by atoms with van der Waals surface area (Å²) in [5.74, 6) is 0.835. The molecule has 78 valence electrons. The SMILES string of the molecule is CC(O)CN(C[CH-]O)CCCS.[Ce]. The molecule has 0 amide bonds. The predicted octanol–water partition coefficient (Wildman–Crippen LogP) is 0.523. The molecule has 0 spiro atoms. The van der Waals surface area contributed by atoms with Gasteiger partial charge < -0.3 is 15.1 Å². The predicted molar refractivity (Wildman–Crippen MR) is 52.8 cm³/mol. The maximum absolute atomic E-state index is 9.09. The average molecular weight is 332 g/mol. The minimum atomic E-state index is -0.343. The molecule has 0 bridgehead atoms. The molecule has 0 saturated carbocycles. The van der Waals surface area contributed by atoms with Gasteiger partial charge >= 0.3 is 0 Å². The van der Waals surface area contributed by atoms with Crippen LogP contribution in [-0.2, 0) is 0 Å². The van der Waals surface area contributed by atoms with Crippen molar-refractivity contribution in [1.82, 2.24) is 4.90 Å². The van der Waals surface area contributed by atoms with Crippen molar-refractivity contribution in [1.29, 1.82) is 0 Å². The van der Waals surface area contributed by atoms with Gasteiger partial charge in [0, 0.05) is 48.3 Å². The molecule has 0 radical (unpaired) electrons. The number of thiol groups is 1. The first-order valence-electron chi connectivity index (χ1n) is 4.18. The zero-order chi connectivity index (χ0) is 9.40. The van der Waals surface area contributed by atoms with Gasteiger partial charge in [0.15, 0.2) is 0 Å². The Hall–Kier alpha value is 1.61. The van der Waals surface area contributed by atoms with Crippen LogP contribution in [0.25, 0.3) is 0 Å². The van der Waals surface area contributed by atoms with Crippen LogP contribution in [-0.4, -0.2) is 46.6 Å². The van der Waals surface area contributed by atoms with Gasteiger partial charge in [0.05, 0.1) is 6.10 Å². The summed E-state index contributed by atoms with van der Waals surface area (Å²) in [4.78, 5) is 1.99. The first kappa shape index (κ1) is 17.0. The molecule has 1 atom stereocenters. The van der Waals surface area contributed by atoms with Gasteiger partial charge in [-0.3, -0.25) is 0 Å². The number of rotatable bonds is 7. The van der Waals surface area contributed by atoms with E-state index in [1.165, 1.54) is 0 Å². The summed E-state index contributed by atoms with van der Waals surface area (Å²) in [5, 5.41) is 17.7. The molecule has 0 aliphatic rings. The smallest absolute Gasteiger partial charge is 0.0637 e. The Kier molecular flexibility index (Phi) is 15.3. The van der Waals surface area contributed by atoms with Gasteiger partial charge in [-0.15, -0.1) is 6.54 Å². The van der Waals surface area contributed by atoms with Crippen LogP contribution >= 0.6 is 12.6 Å². The summed E-state index contributed by atoms with van der Waals surface area (Å²) in [7, 11) is 0. The van der Waals surface area contributed by atoms with Crippen molar-refractivity contribution in [3.8, 4) is 0 Å². The molecule has 2 N–H and O–H groups in total. The monoisotopic (exact) mass is 332 g/mol. The molecule has 0 heterocycles. The zero-order valence-electron chi connectivity index (χ0n) is 7.98. The van der Waals surface area contributed by atoms with Crippen LogP contribution in [0, 0.1) is 48.4 Å². The standard InChI is InChI=1S/C8H18NO2S.Ce/c1-8(11)7-9(4-5-10)3-2-6-12;/h5,8,10-12H,2-4,6-7H2,1H3;/q-1;. The molecular weight excluding hydrogens is 314 g/mol. The second-order valence-corrected chi connectivity index (χ2v) is 3.32. The molecule has 3 nitrogen and oxygen atoms in total. The summed E-state index contributed by atoms with van der Waals surface area (Å²) < 4.78 is 0. The van der Waals surface area contributed by atoms with E-state index < -0.39 is 0 Å². The van der Waals surface area contributed by atoms with Crippen molar-refractivity contribution in [2.45, 2.75) is 19.4 Å². The van der Waals surface area contributed by atoms with Crippen molar-refractivity contribution < 1.29 is 52.0 Å². The van der Waals surface area contributed by atoms with Crippen LogP contribution in [0.5, 0.6) is 0 Å². The summed E-state index contributed by atoms with van der Waals surface area (Å²) in [6.45, 7) is 4.83. The first-order chi connectivity index (χ1) is 5.70. The normalized spacial score (nSPS) is 12.7. The topological polar surface area (TPSA) is 43.7 Å². The fraction of sp³-hybridized carbons (Fsp3) is 0.875. The summed E-state index contributed by atoms with van der Waals surface area (Å²) >= 11 is 4.09. The molecule has 0 aromatic carbocycles.